The van der Waals surface area contributed by atoms with E-state index in [0.717, 1.165) is 11.4 Å². The number of rotatable bonds is 17. The number of nitrogens with one attached hydrogen (secondary N) is 1. The maximum atomic E-state index is 12.3. The molecule has 2 amide bonds. The quantitative estimate of drug-likeness (QED) is 0.0529. The Balaban J connectivity index is 1.35. The second-order valence-electron chi connectivity index (χ2n) is 14.9. The molecule has 1 saturated heterocycles. The summed E-state index contributed by atoms with van der Waals surface area (Å²) in [5.74, 6) is -2.21. The van der Waals surface area contributed by atoms with Crippen molar-refractivity contribution in [2.24, 2.45) is 0 Å². The van der Waals surface area contributed by atoms with E-state index in [0.29, 0.717) is 66.2 Å². The molecule has 0 spiro atoms. The number of fused-ring (bicyclic) bond motifs is 2. The molecular weight excluding hydrogens is 803 g/mol. The van der Waals surface area contributed by atoms with Gasteiger partial charge in [-0.2, -0.15) is 29.8 Å². The molecule has 57 heavy (non-hydrogen) atoms. The second kappa shape index (κ2) is 16.8. The van der Waals surface area contributed by atoms with Crippen LogP contribution in [-0.4, -0.2) is 84.3 Å². The number of hydrogen-bond acceptors (Lipinski definition) is 11. The van der Waals surface area contributed by atoms with Gasteiger partial charge < -0.3 is 10.2 Å². The van der Waals surface area contributed by atoms with Gasteiger partial charge in [0.25, 0.3) is 42.2 Å². The molecule has 2 aromatic rings. The lowest BCUT2D eigenvalue weighted by molar-refractivity contribution is -0.438. The van der Waals surface area contributed by atoms with Gasteiger partial charge in [-0.25, -0.2) is 4.79 Å². The van der Waals surface area contributed by atoms with Crippen molar-refractivity contribution in [3.8, 4) is 0 Å². The Kier molecular flexibility index (Phi) is 12.8. The summed E-state index contributed by atoms with van der Waals surface area (Å²) in [7, 11) is -13.1. The van der Waals surface area contributed by atoms with E-state index in [1.54, 1.807) is 30.4 Å². The third-order valence-corrected chi connectivity index (χ3v) is 12.9. The fourth-order valence-electron chi connectivity index (χ4n) is 7.38. The third kappa shape index (κ3) is 10.1. The molecule has 0 bridgehead atoms. The van der Waals surface area contributed by atoms with Crippen LogP contribution < -0.4 is 5.32 Å². The van der Waals surface area contributed by atoms with Crippen LogP contribution in [0.15, 0.2) is 82.3 Å². The summed E-state index contributed by atoms with van der Waals surface area (Å²) in [4.78, 5) is 40.2. The normalized spacial score (nSPS) is 20.2. The molecule has 0 aromatic heterocycles. The molecule has 308 valence electrons. The van der Waals surface area contributed by atoms with Gasteiger partial charge in [-0.3, -0.25) is 23.2 Å². The van der Waals surface area contributed by atoms with Crippen LogP contribution in [0.2, 0.25) is 0 Å². The molecule has 19 heteroatoms. The molecule has 1 unspecified atom stereocenters. The predicted octanol–water partition coefficient (Wildman–Crippen LogP) is 5.16. The van der Waals surface area contributed by atoms with Crippen LogP contribution in [0.1, 0.15) is 89.7 Å². The molecule has 3 aliphatic rings. The van der Waals surface area contributed by atoms with Crippen molar-refractivity contribution in [1.29, 1.82) is 0 Å². The van der Waals surface area contributed by atoms with Gasteiger partial charge in [-0.15, -0.1) is 5.06 Å². The van der Waals surface area contributed by atoms with E-state index in [2.05, 4.69) is 5.32 Å². The molecule has 0 aliphatic carbocycles. The molecule has 3 aliphatic heterocycles. The summed E-state index contributed by atoms with van der Waals surface area (Å²) in [6, 6.07) is 8.61. The Bertz CT molecular complexity index is 2420. The number of anilines is 1. The molecule has 1 atom stereocenters. The van der Waals surface area contributed by atoms with Gasteiger partial charge in [0.05, 0.1) is 21.0 Å². The van der Waals surface area contributed by atoms with E-state index in [9.17, 15) is 53.3 Å². The standard InChI is InChI=1S/C38H45N3O13S3/c1-37(2)29-25-27(57(51,52)53)16-18-31(29)40(22-10-11-23-55(45,46)47)33(37)13-7-4-6-12-32-38(3,28-24-26(56(48,49)50)15-17-30(28)39-32)21-9-5-8-14-36(44)54-41-34(42)19-20-35(41)43/h4,6-7,12-13,15-18,24-25H,5,8-11,14,19-23H2,1-3H3,(H3,45,46,47,48,49,50,51,52,53)/p+1. The van der Waals surface area contributed by atoms with Crippen LogP contribution in [-0.2, 0) is 60.4 Å². The summed E-state index contributed by atoms with van der Waals surface area (Å²) in [6.07, 6.45) is 11.7. The monoisotopic (exact) mass is 848 g/mol. The fraction of sp³-hybridized carbons (Fsp3) is 0.421. The van der Waals surface area contributed by atoms with E-state index in [4.69, 9.17) is 4.84 Å². The van der Waals surface area contributed by atoms with Gasteiger partial charge in [0.1, 0.15) is 6.54 Å². The van der Waals surface area contributed by atoms with Crippen LogP contribution >= 0.6 is 0 Å². The molecule has 2 aromatic carbocycles. The summed E-state index contributed by atoms with van der Waals surface area (Å²) < 4.78 is 101. The number of imide groups is 1. The van der Waals surface area contributed by atoms with E-state index in [-0.39, 0.29) is 35.5 Å². The first kappa shape index (κ1) is 43.6. The number of hydroxylamine groups is 2. The number of nitrogens with zero attached hydrogens (tertiary/aromatic N) is 2. The zero-order valence-corrected chi connectivity index (χ0v) is 34.1. The van der Waals surface area contributed by atoms with Crippen LogP contribution in [0, 0.1) is 0 Å². The molecule has 0 saturated carbocycles. The maximum Gasteiger partial charge on any atom is 0.333 e. The maximum absolute atomic E-state index is 12.3. The number of carbonyl (C=O) groups is 3. The van der Waals surface area contributed by atoms with Gasteiger partial charge in [0, 0.05) is 60.2 Å². The van der Waals surface area contributed by atoms with Crippen molar-refractivity contribution in [1.82, 2.24) is 5.06 Å². The second-order valence-corrected chi connectivity index (χ2v) is 19.3. The predicted molar refractivity (Wildman–Crippen MR) is 209 cm³/mol. The number of allylic oxidation sites excluding steroid dienone is 6. The summed E-state index contributed by atoms with van der Waals surface area (Å²) in [5.41, 5.74) is 2.65. The largest absolute Gasteiger partial charge is 0.358 e. The lowest BCUT2D eigenvalue weighted by Gasteiger charge is -2.26. The lowest BCUT2D eigenvalue weighted by Crippen LogP contribution is -2.31. The van der Waals surface area contributed by atoms with Crippen LogP contribution in [0.4, 0.5) is 11.4 Å². The average Bonchev–Trinajstić information content (AvgIpc) is 3.66. The van der Waals surface area contributed by atoms with Gasteiger partial charge in [0.15, 0.2) is 5.71 Å². The zero-order valence-electron chi connectivity index (χ0n) is 31.7. The minimum Gasteiger partial charge on any atom is -0.358 e. The number of amides is 2. The highest BCUT2D eigenvalue weighted by Gasteiger charge is 2.45. The molecule has 5 rings (SSSR count). The SMILES string of the molecule is CC1(C)C(/C=C/C=C/C=C2/Nc3ccc(S(=O)(=O)O)cc3C2(C)CCCCCC(=O)ON2C(=O)CCC2=O)=[N+](CCCCS(=O)(=O)O)c2ccc(S(=O)(=O)O)cc21. The minimum atomic E-state index is -4.50. The zero-order chi connectivity index (χ0) is 42.0. The van der Waals surface area contributed by atoms with E-state index in [1.165, 1.54) is 24.3 Å². The Morgan fingerprint density at radius 3 is 2.09 bits per heavy atom. The van der Waals surface area contributed by atoms with Crippen molar-refractivity contribution in [2.75, 3.05) is 17.6 Å². The molecule has 1 fully saturated rings. The number of hydrogen-bond donors (Lipinski definition) is 4. The molecular formula is C38H46N3O13S3+. The molecule has 0 radical (unpaired) electrons. The van der Waals surface area contributed by atoms with Crippen LogP contribution in [0.25, 0.3) is 0 Å². The van der Waals surface area contributed by atoms with Crippen molar-refractivity contribution >= 4 is 65.2 Å². The smallest absolute Gasteiger partial charge is 0.333 e. The van der Waals surface area contributed by atoms with Crippen LogP contribution in [0.3, 0.4) is 0 Å². The lowest BCUT2D eigenvalue weighted by atomic mass is 9.77. The fourth-order valence-corrected chi connectivity index (χ4v) is 8.96. The van der Waals surface area contributed by atoms with Gasteiger partial charge in [0.2, 0.25) is 5.69 Å². The number of benzene rings is 2. The van der Waals surface area contributed by atoms with E-state index in [1.807, 2.05) is 37.5 Å². The Morgan fingerprint density at radius 1 is 0.825 bits per heavy atom. The molecule has 3 heterocycles. The van der Waals surface area contributed by atoms with Gasteiger partial charge >= 0.3 is 5.97 Å². The van der Waals surface area contributed by atoms with Crippen molar-refractivity contribution in [2.45, 2.75) is 99.2 Å². The van der Waals surface area contributed by atoms with Crippen molar-refractivity contribution < 1.29 is 62.7 Å². The number of unbranched alkanes of at least 4 members (excludes halogenated alkanes) is 3. The Morgan fingerprint density at radius 2 is 1.46 bits per heavy atom. The number of carbonyl (C=O) groups excluding carboxylic acids is 3. The first-order valence-corrected chi connectivity index (χ1v) is 22.7. The third-order valence-electron chi connectivity index (χ3n) is 10.4. The highest BCUT2D eigenvalue weighted by atomic mass is 32.2. The van der Waals surface area contributed by atoms with Gasteiger partial charge in [-0.05, 0) is 82.0 Å². The molecule has 4 N–H and O–H groups in total. The summed E-state index contributed by atoms with van der Waals surface area (Å²) in [5, 5.41) is 3.87. The first-order chi connectivity index (χ1) is 26.5. The van der Waals surface area contributed by atoms with Crippen molar-refractivity contribution in [3.05, 3.63) is 83.6 Å². The first-order valence-electron chi connectivity index (χ1n) is 18.3. The molecule has 16 nitrogen and oxygen atoms in total. The average molecular weight is 849 g/mol. The van der Waals surface area contributed by atoms with Crippen LogP contribution in [0.5, 0.6) is 0 Å². The summed E-state index contributed by atoms with van der Waals surface area (Å²) in [6.45, 7) is 6.08. The Labute approximate surface area is 332 Å². The topological polar surface area (TPSA) is 242 Å². The van der Waals surface area contributed by atoms with Crippen molar-refractivity contribution in [3.63, 3.8) is 0 Å². The summed E-state index contributed by atoms with van der Waals surface area (Å²) >= 11 is 0. The van der Waals surface area contributed by atoms with E-state index < -0.39 is 64.7 Å². The highest BCUT2D eigenvalue weighted by molar-refractivity contribution is 7.86. The van der Waals surface area contributed by atoms with E-state index >= 15 is 0 Å². The van der Waals surface area contributed by atoms with Gasteiger partial charge in [-0.1, -0.05) is 31.1 Å². The Hall–Kier alpha value is -4.53. The highest BCUT2D eigenvalue weighted by Crippen LogP contribution is 2.48. The minimum absolute atomic E-state index is 0.00140.